The van der Waals surface area contributed by atoms with E-state index in [0.29, 0.717) is 15.6 Å². The molecule has 0 saturated heterocycles. The van der Waals surface area contributed by atoms with Gasteiger partial charge in [0.15, 0.2) is 0 Å². The number of nitrogens with zero attached hydrogens (tertiary/aromatic N) is 1. The highest BCUT2D eigenvalue weighted by molar-refractivity contribution is 6.35. The van der Waals surface area contributed by atoms with Gasteiger partial charge in [-0.3, -0.25) is 9.78 Å². The van der Waals surface area contributed by atoms with E-state index >= 15 is 0 Å². The highest BCUT2D eigenvalue weighted by atomic mass is 35.5. The summed E-state index contributed by atoms with van der Waals surface area (Å²) in [6.45, 7) is 1.88. The third-order valence-electron chi connectivity index (χ3n) is 2.41. The number of pyridine rings is 1. The second-order valence-electron chi connectivity index (χ2n) is 3.63. The number of hydrogen-bond acceptors (Lipinski definition) is 2. The molecule has 17 heavy (non-hydrogen) atoms. The van der Waals surface area contributed by atoms with Gasteiger partial charge in [0.05, 0.1) is 5.02 Å². The molecular formula is C13H9Cl2NO. The molecule has 86 valence electrons. The summed E-state index contributed by atoms with van der Waals surface area (Å²) in [5.41, 5.74) is 1.66. The van der Waals surface area contributed by atoms with Gasteiger partial charge in [0.25, 0.3) is 0 Å². The van der Waals surface area contributed by atoms with E-state index in [0.717, 1.165) is 5.56 Å². The van der Waals surface area contributed by atoms with Gasteiger partial charge in [0.1, 0.15) is 5.69 Å². The summed E-state index contributed by atoms with van der Waals surface area (Å²) >= 11 is 11.9. The molecule has 2 rings (SSSR count). The lowest BCUT2D eigenvalue weighted by Gasteiger charge is -2.04. The van der Waals surface area contributed by atoms with Crippen molar-refractivity contribution in [1.29, 1.82) is 0 Å². The van der Waals surface area contributed by atoms with Gasteiger partial charge in [-0.05, 0) is 30.7 Å². The van der Waals surface area contributed by atoms with Crippen LogP contribution >= 0.6 is 23.2 Å². The number of rotatable bonds is 2. The fourth-order valence-electron chi connectivity index (χ4n) is 1.42. The number of halogens is 2. The summed E-state index contributed by atoms with van der Waals surface area (Å²) in [6, 6.07) is 8.46. The van der Waals surface area contributed by atoms with Gasteiger partial charge in [-0.15, -0.1) is 0 Å². The molecule has 0 saturated carbocycles. The molecule has 0 unspecified atom stereocenters. The Bertz CT molecular complexity index is 581. The largest absolute Gasteiger partial charge is 0.287 e. The third-order valence-corrected chi connectivity index (χ3v) is 3.12. The topological polar surface area (TPSA) is 30.0 Å². The Hall–Kier alpha value is -1.38. The molecule has 0 N–H and O–H groups in total. The van der Waals surface area contributed by atoms with Crippen molar-refractivity contribution in [1.82, 2.24) is 4.98 Å². The molecule has 0 radical (unpaired) electrons. The molecule has 4 heteroatoms. The van der Waals surface area contributed by atoms with Crippen molar-refractivity contribution in [3.8, 4) is 0 Å². The number of hydrogen-bond donors (Lipinski definition) is 0. The molecule has 2 aromatic rings. The summed E-state index contributed by atoms with van der Waals surface area (Å²) in [5.74, 6) is -0.225. The number of aryl methyl sites for hydroxylation is 1. The Morgan fingerprint density at radius 3 is 2.59 bits per heavy atom. The van der Waals surface area contributed by atoms with Crippen molar-refractivity contribution in [2.75, 3.05) is 0 Å². The first kappa shape index (κ1) is 12.1. The van der Waals surface area contributed by atoms with E-state index in [4.69, 9.17) is 23.2 Å². The van der Waals surface area contributed by atoms with Crippen LogP contribution in [0.25, 0.3) is 0 Å². The van der Waals surface area contributed by atoms with E-state index < -0.39 is 0 Å². The minimum atomic E-state index is -0.225. The number of aromatic nitrogens is 1. The van der Waals surface area contributed by atoms with Crippen LogP contribution in [-0.4, -0.2) is 10.8 Å². The third kappa shape index (κ3) is 2.48. The van der Waals surface area contributed by atoms with Gasteiger partial charge in [-0.1, -0.05) is 35.3 Å². The number of benzene rings is 1. The Morgan fingerprint density at radius 2 is 1.94 bits per heavy atom. The molecule has 0 aliphatic rings. The Labute approximate surface area is 109 Å². The van der Waals surface area contributed by atoms with Crippen molar-refractivity contribution in [3.63, 3.8) is 0 Å². The average molecular weight is 266 g/mol. The predicted molar refractivity (Wildman–Crippen MR) is 68.9 cm³/mol. The summed E-state index contributed by atoms with van der Waals surface area (Å²) in [4.78, 5) is 16.1. The van der Waals surface area contributed by atoms with Crippen LogP contribution in [0.3, 0.4) is 0 Å². The van der Waals surface area contributed by atoms with Crippen LogP contribution in [0.5, 0.6) is 0 Å². The van der Waals surface area contributed by atoms with Crippen molar-refractivity contribution >= 4 is 29.0 Å². The zero-order valence-electron chi connectivity index (χ0n) is 9.08. The summed E-state index contributed by atoms with van der Waals surface area (Å²) in [7, 11) is 0. The smallest absolute Gasteiger partial charge is 0.212 e. The molecule has 1 aromatic carbocycles. The van der Waals surface area contributed by atoms with Gasteiger partial charge in [-0.25, -0.2) is 0 Å². The molecule has 0 atom stereocenters. The Morgan fingerprint density at radius 1 is 1.18 bits per heavy atom. The fourth-order valence-corrected chi connectivity index (χ4v) is 1.81. The lowest BCUT2D eigenvalue weighted by Crippen LogP contribution is -2.04. The average Bonchev–Trinajstić information content (AvgIpc) is 2.32. The quantitative estimate of drug-likeness (QED) is 0.771. The maximum atomic E-state index is 12.1. The first-order chi connectivity index (χ1) is 8.09. The second-order valence-corrected chi connectivity index (χ2v) is 4.44. The first-order valence-corrected chi connectivity index (χ1v) is 5.76. The molecule has 0 aliphatic carbocycles. The van der Waals surface area contributed by atoms with Crippen molar-refractivity contribution < 1.29 is 4.79 Å². The maximum Gasteiger partial charge on any atom is 0.212 e. The molecular weight excluding hydrogens is 257 g/mol. The lowest BCUT2D eigenvalue weighted by atomic mass is 10.1. The minimum Gasteiger partial charge on any atom is -0.287 e. The van der Waals surface area contributed by atoms with Gasteiger partial charge < -0.3 is 0 Å². The molecule has 0 bridgehead atoms. The van der Waals surface area contributed by atoms with Crippen molar-refractivity contribution in [3.05, 3.63) is 63.4 Å². The fraction of sp³-hybridized carbons (Fsp3) is 0.0769. The number of ketones is 1. The van der Waals surface area contributed by atoms with E-state index in [2.05, 4.69) is 4.98 Å². The van der Waals surface area contributed by atoms with Crippen LogP contribution in [0, 0.1) is 6.92 Å². The van der Waals surface area contributed by atoms with Gasteiger partial charge in [-0.2, -0.15) is 0 Å². The SMILES string of the molecule is Cc1ccc(C(=O)c2ncccc2Cl)cc1Cl. The van der Waals surface area contributed by atoms with Gasteiger partial charge in [0, 0.05) is 16.8 Å². The normalized spacial score (nSPS) is 10.3. The lowest BCUT2D eigenvalue weighted by molar-refractivity contribution is 0.103. The van der Waals surface area contributed by atoms with Crippen LogP contribution in [-0.2, 0) is 0 Å². The van der Waals surface area contributed by atoms with Gasteiger partial charge in [0.2, 0.25) is 5.78 Å². The standard InChI is InChI=1S/C13H9Cl2NO/c1-8-4-5-9(7-11(8)15)13(17)12-10(14)3-2-6-16-12/h2-7H,1H3. The van der Waals surface area contributed by atoms with E-state index in [-0.39, 0.29) is 11.5 Å². The van der Waals surface area contributed by atoms with E-state index in [1.54, 1.807) is 30.3 Å². The van der Waals surface area contributed by atoms with Crippen LogP contribution in [0.4, 0.5) is 0 Å². The Kier molecular flexibility index (Phi) is 3.46. The van der Waals surface area contributed by atoms with E-state index in [1.165, 1.54) is 6.20 Å². The minimum absolute atomic E-state index is 0.225. The number of carbonyl (C=O) groups excluding carboxylic acids is 1. The molecule has 1 aromatic heterocycles. The summed E-state index contributed by atoms with van der Waals surface area (Å²) in [6.07, 6.45) is 1.54. The highest BCUT2D eigenvalue weighted by Crippen LogP contribution is 2.21. The molecule has 0 fully saturated rings. The first-order valence-electron chi connectivity index (χ1n) is 5.01. The zero-order valence-corrected chi connectivity index (χ0v) is 10.6. The molecule has 2 nitrogen and oxygen atoms in total. The molecule has 1 heterocycles. The summed E-state index contributed by atoms with van der Waals surface area (Å²) < 4.78 is 0. The predicted octanol–water partition coefficient (Wildman–Crippen LogP) is 3.93. The monoisotopic (exact) mass is 265 g/mol. The zero-order chi connectivity index (χ0) is 12.4. The van der Waals surface area contributed by atoms with E-state index in [1.807, 2.05) is 6.92 Å². The van der Waals surface area contributed by atoms with Crippen LogP contribution in [0.1, 0.15) is 21.6 Å². The van der Waals surface area contributed by atoms with Crippen molar-refractivity contribution in [2.45, 2.75) is 6.92 Å². The highest BCUT2D eigenvalue weighted by Gasteiger charge is 2.14. The molecule has 0 spiro atoms. The molecule has 0 aliphatic heterocycles. The molecule has 0 amide bonds. The summed E-state index contributed by atoms with van der Waals surface area (Å²) in [5, 5.41) is 0.900. The van der Waals surface area contributed by atoms with Crippen LogP contribution in [0.2, 0.25) is 10.0 Å². The van der Waals surface area contributed by atoms with Crippen molar-refractivity contribution in [2.24, 2.45) is 0 Å². The van der Waals surface area contributed by atoms with Gasteiger partial charge >= 0.3 is 0 Å². The maximum absolute atomic E-state index is 12.1. The Balaban J connectivity index is 2.44. The van der Waals surface area contributed by atoms with E-state index in [9.17, 15) is 4.79 Å². The van der Waals surface area contributed by atoms with Crippen LogP contribution in [0.15, 0.2) is 36.5 Å². The number of carbonyl (C=O) groups is 1. The van der Waals surface area contributed by atoms with Crippen LogP contribution < -0.4 is 0 Å². The second kappa shape index (κ2) is 4.86.